The minimum absolute atomic E-state index is 0.0776. The Morgan fingerprint density at radius 2 is 2.08 bits per heavy atom. The molecule has 0 bridgehead atoms. The van der Waals surface area contributed by atoms with Crippen LogP contribution in [0.4, 0.5) is 0 Å². The third-order valence-corrected chi connectivity index (χ3v) is 3.14. The van der Waals surface area contributed by atoms with Crippen LogP contribution in [0.25, 0.3) is 0 Å². The molecule has 1 aliphatic heterocycles. The van der Waals surface area contributed by atoms with Crippen molar-refractivity contribution in [2.75, 3.05) is 13.1 Å². The lowest BCUT2D eigenvalue weighted by atomic mass is 10.2. The van der Waals surface area contributed by atoms with Crippen LogP contribution in [-0.4, -0.2) is 35.2 Å². The van der Waals surface area contributed by atoms with Gasteiger partial charge >= 0.3 is 0 Å². The molecular formula is C11H23NO. The summed E-state index contributed by atoms with van der Waals surface area (Å²) < 4.78 is 0. The molecule has 2 nitrogen and oxygen atoms in total. The fourth-order valence-electron chi connectivity index (χ4n) is 2.04. The monoisotopic (exact) mass is 185 g/mol. The Hall–Kier alpha value is -0.0800. The number of hydrogen-bond donors (Lipinski definition) is 1. The average Bonchev–Trinajstić information content (AvgIpc) is 2.43. The summed E-state index contributed by atoms with van der Waals surface area (Å²) in [5.74, 6) is 0. The van der Waals surface area contributed by atoms with Crippen LogP contribution in [0, 0.1) is 0 Å². The van der Waals surface area contributed by atoms with Gasteiger partial charge in [-0.3, -0.25) is 4.90 Å². The number of unbranched alkanes of at least 4 members (excludes halogenated alkanes) is 3. The van der Waals surface area contributed by atoms with Gasteiger partial charge in [-0.05, 0) is 26.3 Å². The Balaban J connectivity index is 2.08. The molecule has 1 saturated heterocycles. The van der Waals surface area contributed by atoms with Crippen molar-refractivity contribution in [3.8, 4) is 0 Å². The summed E-state index contributed by atoms with van der Waals surface area (Å²) >= 11 is 0. The Bertz CT molecular complexity index is 138. The first-order chi connectivity index (χ1) is 6.25. The Morgan fingerprint density at radius 3 is 2.62 bits per heavy atom. The summed E-state index contributed by atoms with van der Waals surface area (Å²) in [6.07, 6.45) is 6.18. The average molecular weight is 185 g/mol. The summed E-state index contributed by atoms with van der Waals surface area (Å²) in [5, 5.41) is 9.53. The normalized spacial score (nSPS) is 29.8. The van der Waals surface area contributed by atoms with E-state index >= 15 is 0 Å². The smallest absolute Gasteiger partial charge is 0.0704 e. The van der Waals surface area contributed by atoms with E-state index in [1.807, 2.05) is 0 Å². The van der Waals surface area contributed by atoms with Gasteiger partial charge in [0.1, 0.15) is 0 Å². The van der Waals surface area contributed by atoms with Gasteiger partial charge in [0.05, 0.1) is 6.10 Å². The predicted octanol–water partition coefficient (Wildman–Crippen LogP) is 2.02. The largest absolute Gasteiger partial charge is 0.391 e. The second kappa shape index (κ2) is 5.61. The molecule has 2 heteroatoms. The molecule has 78 valence electrons. The van der Waals surface area contributed by atoms with Crippen LogP contribution in [0.1, 0.15) is 46.0 Å². The Labute approximate surface area is 81.9 Å². The highest BCUT2D eigenvalue weighted by molar-refractivity contribution is 4.82. The van der Waals surface area contributed by atoms with Crippen LogP contribution in [0.2, 0.25) is 0 Å². The Morgan fingerprint density at radius 1 is 1.31 bits per heavy atom. The van der Waals surface area contributed by atoms with Gasteiger partial charge in [-0.2, -0.15) is 0 Å². The molecule has 1 heterocycles. The van der Waals surface area contributed by atoms with Crippen molar-refractivity contribution in [2.24, 2.45) is 0 Å². The molecular weight excluding hydrogens is 162 g/mol. The summed E-state index contributed by atoms with van der Waals surface area (Å²) in [4.78, 5) is 2.42. The third-order valence-electron chi connectivity index (χ3n) is 3.14. The molecule has 1 rings (SSSR count). The highest BCUT2D eigenvalue weighted by Crippen LogP contribution is 2.17. The number of aliphatic hydroxyl groups excluding tert-OH is 1. The molecule has 0 aliphatic carbocycles. The number of hydrogen-bond acceptors (Lipinski definition) is 2. The summed E-state index contributed by atoms with van der Waals surface area (Å²) in [7, 11) is 0. The summed E-state index contributed by atoms with van der Waals surface area (Å²) in [6.45, 7) is 6.65. The molecule has 2 atom stereocenters. The molecule has 1 fully saturated rings. The van der Waals surface area contributed by atoms with Crippen molar-refractivity contribution in [2.45, 2.75) is 58.1 Å². The number of rotatable bonds is 5. The van der Waals surface area contributed by atoms with Crippen LogP contribution in [-0.2, 0) is 0 Å². The minimum Gasteiger partial charge on any atom is -0.391 e. The van der Waals surface area contributed by atoms with Gasteiger partial charge in [-0.1, -0.05) is 26.2 Å². The molecule has 0 radical (unpaired) electrons. The first-order valence-corrected chi connectivity index (χ1v) is 5.67. The fraction of sp³-hybridized carbons (Fsp3) is 1.00. The standard InChI is InChI=1S/C11H23NO/c1-3-4-5-6-8-12-9-7-11(13)10(12)2/h10-11,13H,3-9H2,1-2H3. The van der Waals surface area contributed by atoms with Crippen LogP contribution in [0.3, 0.4) is 0 Å². The van der Waals surface area contributed by atoms with E-state index in [9.17, 15) is 5.11 Å². The molecule has 0 aromatic carbocycles. The lowest BCUT2D eigenvalue weighted by Crippen LogP contribution is -2.32. The zero-order chi connectivity index (χ0) is 9.68. The lowest BCUT2D eigenvalue weighted by molar-refractivity contribution is 0.125. The molecule has 0 aromatic heterocycles. The zero-order valence-electron chi connectivity index (χ0n) is 9.00. The van der Waals surface area contributed by atoms with E-state index in [1.165, 1.54) is 32.2 Å². The van der Waals surface area contributed by atoms with Crippen molar-refractivity contribution >= 4 is 0 Å². The third kappa shape index (κ3) is 3.28. The number of likely N-dealkylation sites (tertiary alicyclic amines) is 1. The van der Waals surface area contributed by atoms with Gasteiger partial charge in [0, 0.05) is 12.6 Å². The molecule has 13 heavy (non-hydrogen) atoms. The molecule has 2 unspecified atom stereocenters. The van der Waals surface area contributed by atoms with Crippen LogP contribution in [0.5, 0.6) is 0 Å². The van der Waals surface area contributed by atoms with Gasteiger partial charge in [0.2, 0.25) is 0 Å². The lowest BCUT2D eigenvalue weighted by Gasteiger charge is -2.22. The SMILES string of the molecule is CCCCCCN1CCC(O)C1C. The van der Waals surface area contributed by atoms with E-state index in [0.29, 0.717) is 6.04 Å². The van der Waals surface area contributed by atoms with E-state index < -0.39 is 0 Å². The van der Waals surface area contributed by atoms with Crippen molar-refractivity contribution in [3.63, 3.8) is 0 Å². The molecule has 1 aliphatic rings. The van der Waals surface area contributed by atoms with Crippen molar-refractivity contribution in [3.05, 3.63) is 0 Å². The number of aliphatic hydroxyl groups is 1. The van der Waals surface area contributed by atoms with Gasteiger partial charge in [-0.15, -0.1) is 0 Å². The van der Waals surface area contributed by atoms with E-state index in [-0.39, 0.29) is 6.10 Å². The summed E-state index contributed by atoms with van der Waals surface area (Å²) in [6, 6.07) is 0.390. The van der Waals surface area contributed by atoms with E-state index in [1.54, 1.807) is 0 Å². The predicted molar refractivity (Wildman–Crippen MR) is 55.8 cm³/mol. The molecule has 0 spiro atoms. The second-order valence-corrected chi connectivity index (χ2v) is 4.19. The topological polar surface area (TPSA) is 23.5 Å². The van der Waals surface area contributed by atoms with Gasteiger partial charge in [0.25, 0.3) is 0 Å². The second-order valence-electron chi connectivity index (χ2n) is 4.19. The zero-order valence-corrected chi connectivity index (χ0v) is 9.00. The van der Waals surface area contributed by atoms with Crippen LogP contribution in [0.15, 0.2) is 0 Å². The van der Waals surface area contributed by atoms with Crippen LogP contribution >= 0.6 is 0 Å². The highest BCUT2D eigenvalue weighted by atomic mass is 16.3. The first kappa shape index (κ1) is 11.0. The van der Waals surface area contributed by atoms with Gasteiger partial charge in [0.15, 0.2) is 0 Å². The van der Waals surface area contributed by atoms with Crippen molar-refractivity contribution in [1.29, 1.82) is 0 Å². The molecule has 0 saturated carbocycles. The van der Waals surface area contributed by atoms with E-state index in [0.717, 1.165) is 13.0 Å². The first-order valence-electron chi connectivity index (χ1n) is 5.67. The van der Waals surface area contributed by atoms with Crippen molar-refractivity contribution in [1.82, 2.24) is 4.90 Å². The van der Waals surface area contributed by atoms with Gasteiger partial charge < -0.3 is 5.11 Å². The maximum Gasteiger partial charge on any atom is 0.0704 e. The molecule has 0 aromatic rings. The van der Waals surface area contributed by atoms with E-state index in [4.69, 9.17) is 0 Å². The van der Waals surface area contributed by atoms with Crippen LogP contribution < -0.4 is 0 Å². The quantitative estimate of drug-likeness (QED) is 0.662. The van der Waals surface area contributed by atoms with E-state index in [2.05, 4.69) is 18.7 Å². The number of nitrogens with zero attached hydrogens (tertiary/aromatic N) is 1. The minimum atomic E-state index is -0.0776. The maximum atomic E-state index is 9.53. The van der Waals surface area contributed by atoms with Crippen molar-refractivity contribution < 1.29 is 5.11 Å². The maximum absolute atomic E-state index is 9.53. The molecule has 0 amide bonds. The summed E-state index contributed by atoms with van der Waals surface area (Å²) in [5.41, 5.74) is 0. The molecule has 1 N–H and O–H groups in total. The van der Waals surface area contributed by atoms with Gasteiger partial charge in [-0.25, -0.2) is 0 Å². The fourth-order valence-corrected chi connectivity index (χ4v) is 2.04. The highest BCUT2D eigenvalue weighted by Gasteiger charge is 2.27. The Kier molecular flexibility index (Phi) is 4.74.